The largest absolute Gasteiger partial charge is 0.497 e. The molecule has 0 unspecified atom stereocenters. The number of halogens is 1. The van der Waals surface area contributed by atoms with Crippen molar-refractivity contribution in [3.63, 3.8) is 0 Å². The number of hydrogen-bond donors (Lipinski definition) is 0. The highest BCUT2D eigenvalue weighted by Gasteiger charge is 2.24. The minimum atomic E-state index is -0.335. The molecule has 1 aliphatic rings. The SMILES string of the molecule is COc1ccc(C(=O)c2cnc3ccc(F)cc3c2N2CCN(C)CC2)cc1. The number of pyridine rings is 1. The number of carbonyl (C=O) groups excluding carboxylic acids is 1. The molecule has 5 nitrogen and oxygen atoms in total. The van der Waals surface area contributed by atoms with E-state index in [0.717, 1.165) is 31.9 Å². The molecule has 144 valence electrons. The molecule has 0 aliphatic carbocycles. The zero-order valence-electron chi connectivity index (χ0n) is 16.0. The zero-order chi connectivity index (χ0) is 19.7. The van der Waals surface area contributed by atoms with E-state index in [1.807, 2.05) is 0 Å². The first kappa shape index (κ1) is 18.4. The molecule has 2 aromatic carbocycles. The van der Waals surface area contributed by atoms with Gasteiger partial charge in [-0.25, -0.2) is 4.39 Å². The average molecular weight is 379 g/mol. The number of likely N-dealkylation sites (N-methyl/N-ethyl adjacent to an activating group) is 1. The van der Waals surface area contributed by atoms with Gasteiger partial charge in [0, 0.05) is 43.3 Å². The van der Waals surface area contributed by atoms with Crippen LogP contribution in [0.4, 0.5) is 10.1 Å². The number of ketones is 1. The molecule has 0 spiro atoms. The van der Waals surface area contributed by atoms with Crippen molar-refractivity contribution in [2.75, 3.05) is 45.2 Å². The van der Waals surface area contributed by atoms with Gasteiger partial charge in [0.1, 0.15) is 11.6 Å². The molecule has 3 aromatic rings. The Kier molecular flexibility index (Phi) is 4.96. The first-order valence-electron chi connectivity index (χ1n) is 9.27. The van der Waals surface area contributed by atoms with E-state index in [4.69, 9.17) is 4.74 Å². The van der Waals surface area contributed by atoms with Gasteiger partial charge in [0.2, 0.25) is 0 Å². The van der Waals surface area contributed by atoms with Gasteiger partial charge in [-0.15, -0.1) is 0 Å². The van der Waals surface area contributed by atoms with Crippen LogP contribution in [0.3, 0.4) is 0 Å². The van der Waals surface area contributed by atoms with Gasteiger partial charge < -0.3 is 14.5 Å². The van der Waals surface area contributed by atoms with Crippen molar-refractivity contribution in [3.05, 3.63) is 65.6 Å². The van der Waals surface area contributed by atoms with Crippen molar-refractivity contribution < 1.29 is 13.9 Å². The maximum Gasteiger partial charge on any atom is 0.196 e. The maximum absolute atomic E-state index is 14.0. The number of rotatable bonds is 4. The summed E-state index contributed by atoms with van der Waals surface area (Å²) in [6.07, 6.45) is 1.61. The lowest BCUT2D eigenvalue weighted by Crippen LogP contribution is -2.45. The van der Waals surface area contributed by atoms with Crippen LogP contribution in [0, 0.1) is 5.82 Å². The minimum Gasteiger partial charge on any atom is -0.497 e. The van der Waals surface area contributed by atoms with Crippen molar-refractivity contribution in [1.29, 1.82) is 0 Å². The number of ether oxygens (including phenoxy) is 1. The molecule has 4 rings (SSSR count). The van der Waals surface area contributed by atoms with Gasteiger partial charge in [-0.2, -0.15) is 0 Å². The number of nitrogens with zero attached hydrogens (tertiary/aromatic N) is 3. The quantitative estimate of drug-likeness (QED) is 0.651. The molecule has 28 heavy (non-hydrogen) atoms. The van der Waals surface area contributed by atoms with E-state index in [0.29, 0.717) is 27.8 Å². The smallest absolute Gasteiger partial charge is 0.196 e. The Labute approximate surface area is 163 Å². The fourth-order valence-electron chi connectivity index (χ4n) is 3.59. The van der Waals surface area contributed by atoms with E-state index in [1.54, 1.807) is 43.6 Å². The number of piperazine rings is 1. The lowest BCUT2D eigenvalue weighted by atomic mass is 9.99. The second-order valence-electron chi connectivity index (χ2n) is 7.03. The third kappa shape index (κ3) is 3.43. The van der Waals surface area contributed by atoms with Crippen molar-refractivity contribution in [1.82, 2.24) is 9.88 Å². The van der Waals surface area contributed by atoms with E-state index in [9.17, 15) is 9.18 Å². The van der Waals surface area contributed by atoms with E-state index < -0.39 is 0 Å². The Morgan fingerprint density at radius 3 is 2.46 bits per heavy atom. The molecule has 1 saturated heterocycles. The van der Waals surface area contributed by atoms with Crippen LogP contribution in [-0.4, -0.2) is 56.0 Å². The summed E-state index contributed by atoms with van der Waals surface area (Å²) in [5.74, 6) is 0.225. The molecule has 2 heterocycles. The van der Waals surface area contributed by atoms with Crippen molar-refractivity contribution in [2.45, 2.75) is 0 Å². The summed E-state index contributed by atoms with van der Waals surface area (Å²) in [7, 11) is 3.66. The Balaban J connectivity index is 1.84. The summed E-state index contributed by atoms with van der Waals surface area (Å²) in [6.45, 7) is 3.31. The normalized spacial score (nSPS) is 15.0. The number of carbonyl (C=O) groups is 1. The van der Waals surface area contributed by atoms with Gasteiger partial charge in [-0.05, 0) is 49.5 Å². The fourth-order valence-corrected chi connectivity index (χ4v) is 3.59. The van der Waals surface area contributed by atoms with Crippen LogP contribution in [0.25, 0.3) is 10.9 Å². The predicted molar refractivity (Wildman–Crippen MR) is 108 cm³/mol. The third-order valence-corrected chi connectivity index (χ3v) is 5.22. The van der Waals surface area contributed by atoms with Gasteiger partial charge in [0.15, 0.2) is 5.78 Å². The summed E-state index contributed by atoms with van der Waals surface area (Å²) in [5.41, 5.74) is 2.49. The molecule has 0 saturated carbocycles. The molecule has 6 heteroatoms. The molecule has 0 amide bonds. The van der Waals surface area contributed by atoms with E-state index in [-0.39, 0.29) is 11.6 Å². The standard InChI is InChI=1S/C22H22FN3O2/c1-25-9-11-26(12-10-25)21-18-13-16(23)5-8-20(18)24-14-19(21)22(27)15-3-6-17(28-2)7-4-15/h3-8,13-14H,9-12H2,1-2H3. The average Bonchev–Trinajstić information content (AvgIpc) is 2.73. The van der Waals surface area contributed by atoms with Gasteiger partial charge in [0.25, 0.3) is 0 Å². The van der Waals surface area contributed by atoms with Crippen molar-refractivity contribution >= 4 is 22.4 Å². The van der Waals surface area contributed by atoms with Crippen molar-refractivity contribution in [3.8, 4) is 5.75 Å². The van der Waals surface area contributed by atoms with Crippen LogP contribution in [0.15, 0.2) is 48.7 Å². The Hall–Kier alpha value is -2.99. The zero-order valence-corrected chi connectivity index (χ0v) is 16.0. The molecule has 0 atom stereocenters. The van der Waals surface area contributed by atoms with E-state index in [2.05, 4.69) is 21.8 Å². The molecule has 1 fully saturated rings. The molecule has 0 bridgehead atoms. The monoisotopic (exact) mass is 379 g/mol. The second kappa shape index (κ2) is 7.56. The highest BCUT2D eigenvalue weighted by Crippen LogP contribution is 2.32. The molecule has 1 aliphatic heterocycles. The first-order chi connectivity index (χ1) is 13.6. The second-order valence-corrected chi connectivity index (χ2v) is 7.03. The number of aromatic nitrogens is 1. The lowest BCUT2D eigenvalue weighted by molar-refractivity contribution is 0.103. The summed E-state index contributed by atoms with van der Waals surface area (Å²) in [4.78, 5) is 22.1. The van der Waals surface area contributed by atoms with Crippen LogP contribution in [0.1, 0.15) is 15.9 Å². The number of fused-ring (bicyclic) bond motifs is 1. The van der Waals surface area contributed by atoms with Gasteiger partial charge in [0.05, 0.1) is 23.9 Å². The van der Waals surface area contributed by atoms with Gasteiger partial charge in [-0.1, -0.05) is 0 Å². The van der Waals surface area contributed by atoms with Gasteiger partial charge in [-0.3, -0.25) is 9.78 Å². The minimum absolute atomic E-state index is 0.129. The summed E-state index contributed by atoms with van der Waals surface area (Å²) >= 11 is 0. The molecular formula is C22H22FN3O2. The fraction of sp³-hybridized carbons (Fsp3) is 0.273. The Morgan fingerprint density at radius 1 is 1.07 bits per heavy atom. The highest BCUT2D eigenvalue weighted by atomic mass is 19.1. The topological polar surface area (TPSA) is 45.7 Å². The van der Waals surface area contributed by atoms with Crippen LogP contribution in [-0.2, 0) is 0 Å². The predicted octanol–water partition coefficient (Wildman–Crippen LogP) is 3.37. The van der Waals surface area contributed by atoms with Crippen LogP contribution >= 0.6 is 0 Å². The van der Waals surface area contributed by atoms with Crippen LogP contribution < -0.4 is 9.64 Å². The molecule has 0 radical (unpaired) electrons. The summed E-state index contributed by atoms with van der Waals surface area (Å²) in [6, 6.07) is 11.5. The van der Waals surface area contributed by atoms with Gasteiger partial charge >= 0.3 is 0 Å². The lowest BCUT2D eigenvalue weighted by Gasteiger charge is -2.35. The first-order valence-corrected chi connectivity index (χ1v) is 9.27. The van der Waals surface area contributed by atoms with E-state index >= 15 is 0 Å². The van der Waals surface area contributed by atoms with Crippen LogP contribution in [0.5, 0.6) is 5.75 Å². The molecule has 0 N–H and O–H groups in total. The number of methoxy groups -OCH3 is 1. The molecular weight excluding hydrogens is 357 g/mol. The summed E-state index contributed by atoms with van der Waals surface area (Å²) < 4.78 is 19.2. The number of benzene rings is 2. The van der Waals surface area contributed by atoms with Crippen LogP contribution in [0.2, 0.25) is 0 Å². The third-order valence-electron chi connectivity index (χ3n) is 5.22. The maximum atomic E-state index is 14.0. The van der Waals surface area contributed by atoms with E-state index in [1.165, 1.54) is 12.1 Å². The summed E-state index contributed by atoms with van der Waals surface area (Å²) in [5, 5.41) is 0.670. The van der Waals surface area contributed by atoms with Crippen molar-refractivity contribution in [2.24, 2.45) is 0 Å². The number of hydrogen-bond acceptors (Lipinski definition) is 5. The molecule has 1 aromatic heterocycles. The number of anilines is 1. The highest BCUT2D eigenvalue weighted by molar-refractivity contribution is 6.16. The Morgan fingerprint density at radius 2 is 1.79 bits per heavy atom. The Bertz CT molecular complexity index is 1010.